The number of hydrogen-bond donors (Lipinski definition) is 1. The molecule has 6 heteroatoms. The van der Waals surface area contributed by atoms with Crippen molar-refractivity contribution in [3.8, 4) is 5.69 Å². The van der Waals surface area contributed by atoms with Crippen LogP contribution in [0.4, 0.5) is 0 Å². The van der Waals surface area contributed by atoms with Crippen molar-refractivity contribution in [2.75, 3.05) is 0 Å². The fourth-order valence-electron chi connectivity index (χ4n) is 2.24. The summed E-state index contributed by atoms with van der Waals surface area (Å²) in [4.78, 5) is 15.6. The molecule has 3 aromatic rings. The first kappa shape index (κ1) is 11.5. The summed E-state index contributed by atoms with van der Waals surface area (Å²) in [6, 6.07) is 5.14. The molecule has 1 aromatic carbocycles. The molecule has 0 fully saturated rings. The van der Waals surface area contributed by atoms with E-state index in [9.17, 15) is 9.90 Å². The normalized spacial score (nSPS) is 11.1. The molecular formula is C13H12N4O2. The van der Waals surface area contributed by atoms with E-state index in [-0.39, 0.29) is 5.56 Å². The number of carboxylic acid groups (broad SMARTS) is 1. The van der Waals surface area contributed by atoms with Gasteiger partial charge >= 0.3 is 5.97 Å². The number of para-hydroxylation sites is 1. The molecule has 0 radical (unpaired) electrons. The van der Waals surface area contributed by atoms with E-state index in [0.717, 1.165) is 17.0 Å². The molecule has 0 aliphatic carbocycles. The zero-order valence-electron chi connectivity index (χ0n) is 10.5. The second kappa shape index (κ2) is 3.94. The Hall–Kier alpha value is -2.63. The highest BCUT2D eigenvalue weighted by Crippen LogP contribution is 2.23. The predicted octanol–water partition coefficient (Wildman–Crippen LogP) is 1.77. The maximum absolute atomic E-state index is 11.2. The Kier molecular flexibility index (Phi) is 2.38. The average Bonchev–Trinajstić information content (AvgIpc) is 2.90. The number of aromatic nitrogens is 4. The third kappa shape index (κ3) is 1.69. The van der Waals surface area contributed by atoms with Crippen LogP contribution in [0.1, 0.15) is 16.2 Å². The van der Waals surface area contributed by atoms with Crippen molar-refractivity contribution in [3.63, 3.8) is 0 Å². The van der Waals surface area contributed by atoms with Crippen LogP contribution in [0.15, 0.2) is 30.6 Å². The molecule has 2 aromatic heterocycles. The van der Waals surface area contributed by atoms with Crippen molar-refractivity contribution >= 4 is 17.0 Å². The Morgan fingerprint density at radius 1 is 1.37 bits per heavy atom. The summed E-state index contributed by atoms with van der Waals surface area (Å²) in [6.45, 7) is 1.85. The van der Waals surface area contributed by atoms with Gasteiger partial charge in [-0.1, -0.05) is 6.07 Å². The molecule has 3 rings (SSSR count). The van der Waals surface area contributed by atoms with Crippen molar-refractivity contribution < 1.29 is 9.90 Å². The van der Waals surface area contributed by atoms with E-state index >= 15 is 0 Å². The van der Waals surface area contributed by atoms with Gasteiger partial charge in [-0.15, -0.1) is 0 Å². The first-order chi connectivity index (χ1) is 9.08. The maximum atomic E-state index is 11.2. The number of benzene rings is 1. The van der Waals surface area contributed by atoms with Crippen molar-refractivity contribution in [1.82, 2.24) is 19.3 Å². The van der Waals surface area contributed by atoms with Gasteiger partial charge in [0.05, 0.1) is 23.0 Å². The van der Waals surface area contributed by atoms with Crippen LogP contribution in [0.2, 0.25) is 0 Å². The molecule has 19 heavy (non-hydrogen) atoms. The van der Waals surface area contributed by atoms with E-state index in [2.05, 4.69) is 10.1 Å². The summed E-state index contributed by atoms with van der Waals surface area (Å²) in [5.41, 5.74) is 2.34. The standard InChI is InChI=1S/C13H12N4O2/c1-8-15-12-10(13(18)19)4-3-5-11(12)17(8)9-6-14-16(2)7-9/h3-7H,1-2H3,(H,18,19). The second-order valence-corrected chi connectivity index (χ2v) is 4.35. The third-order valence-electron chi connectivity index (χ3n) is 3.03. The van der Waals surface area contributed by atoms with E-state index in [1.807, 2.05) is 30.8 Å². The van der Waals surface area contributed by atoms with Gasteiger partial charge in [0.2, 0.25) is 0 Å². The molecule has 0 aliphatic heterocycles. The lowest BCUT2D eigenvalue weighted by molar-refractivity contribution is 0.0699. The molecule has 2 heterocycles. The van der Waals surface area contributed by atoms with E-state index in [4.69, 9.17) is 0 Å². The monoisotopic (exact) mass is 256 g/mol. The molecule has 0 amide bonds. The molecule has 0 unspecified atom stereocenters. The number of imidazole rings is 1. The summed E-state index contributed by atoms with van der Waals surface area (Å²) in [5.74, 6) is -0.238. The lowest BCUT2D eigenvalue weighted by Gasteiger charge is -2.02. The highest BCUT2D eigenvalue weighted by Gasteiger charge is 2.16. The predicted molar refractivity (Wildman–Crippen MR) is 69.5 cm³/mol. The topological polar surface area (TPSA) is 72.9 Å². The zero-order chi connectivity index (χ0) is 13.6. The van der Waals surface area contributed by atoms with Gasteiger partial charge < -0.3 is 5.11 Å². The number of fused-ring (bicyclic) bond motifs is 1. The van der Waals surface area contributed by atoms with Crippen molar-refractivity contribution in [3.05, 3.63) is 42.0 Å². The number of nitrogens with zero attached hydrogens (tertiary/aromatic N) is 4. The van der Waals surface area contributed by atoms with Crippen LogP contribution < -0.4 is 0 Å². The van der Waals surface area contributed by atoms with Gasteiger partial charge in [-0.2, -0.15) is 5.10 Å². The van der Waals surface area contributed by atoms with E-state index in [0.29, 0.717) is 5.52 Å². The molecule has 1 N–H and O–H groups in total. The van der Waals surface area contributed by atoms with Gasteiger partial charge in [-0.25, -0.2) is 9.78 Å². The van der Waals surface area contributed by atoms with Crippen LogP contribution in [-0.2, 0) is 7.05 Å². The van der Waals surface area contributed by atoms with E-state index in [1.54, 1.807) is 23.0 Å². The smallest absolute Gasteiger partial charge is 0.337 e. The molecule has 0 saturated carbocycles. The van der Waals surface area contributed by atoms with Crippen molar-refractivity contribution in [2.45, 2.75) is 6.92 Å². The SMILES string of the molecule is Cc1nc2c(C(=O)O)cccc2n1-c1cnn(C)c1. The number of carbonyl (C=O) groups is 1. The Morgan fingerprint density at radius 2 is 2.16 bits per heavy atom. The number of aromatic carboxylic acids is 1. The second-order valence-electron chi connectivity index (χ2n) is 4.35. The van der Waals surface area contributed by atoms with E-state index < -0.39 is 5.97 Å². The van der Waals surface area contributed by atoms with Crippen LogP contribution in [-0.4, -0.2) is 30.4 Å². The minimum atomic E-state index is -0.971. The van der Waals surface area contributed by atoms with Crippen LogP contribution in [0.3, 0.4) is 0 Å². The van der Waals surface area contributed by atoms with Crippen LogP contribution in [0.25, 0.3) is 16.7 Å². The number of aryl methyl sites for hydroxylation is 2. The van der Waals surface area contributed by atoms with Gasteiger partial charge in [0, 0.05) is 13.2 Å². The summed E-state index contributed by atoms with van der Waals surface area (Å²) in [6.07, 6.45) is 3.59. The highest BCUT2D eigenvalue weighted by atomic mass is 16.4. The number of carboxylic acids is 1. The largest absolute Gasteiger partial charge is 0.478 e. The Labute approximate surface area is 108 Å². The summed E-state index contributed by atoms with van der Waals surface area (Å²) in [7, 11) is 1.83. The quantitative estimate of drug-likeness (QED) is 0.758. The first-order valence-corrected chi connectivity index (χ1v) is 5.78. The fourth-order valence-corrected chi connectivity index (χ4v) is 2.24. The Morgan fingerprint density at radius 3 is 2.79 bits per heavy atom. The number of rotatable bonds is 2. The van der Waals surface area contributed by atoms with Crippen LogP contribution >= 0.6 is 0 Å². The Balaban J connectivity index is 2.35. The average molecular weight is 256 g/mol. The third-order valence-corrected chi connectivity index (χ3v) is 3.03. The van der Waals surface area contributed by atoms with Gasteiger partial charge in [0.1, 0.15) is 11.3 Å². The molecule has 0 atom stereocenters. The Bertz CT molecular complexity index is 785. The van der Waals surface area contributed by atoms with Crippen LogP contribution in [0.5, 0.6) is 0 Å². The minimum Gasteiger partial charge on any atom is -0.478 e. The molecule has 0 spiro atoms. The molecule has 6 nitrogen and oxygen atoms in total. The van der Waals surface area contributed by atoms with E-state index in [1.165, 1.54) is 0 Å². The van der Waals surface area contributed by atoms with Crippen LogP contribution in [0, 0.1) is 6.92 Å². The number of hydrogen-bond acceptors (Lipinski definition) is 3. The maximum Gasteiger partial charge on any atom is 0.337 e. The molecular weight excluding hydrogens is 244 g/mol. The van der Waals surface area contributed by atoms with Gasteiger partial charge in [-0.05, 0) is 19.1 Å². The molecule has 0 saturated heterocycles. The molecule has 0 aliphatic rings. The minimum absolute atomic E-state index is 0.211. The van der Waals surface area contributed by atoms with Gasteiger partial charge in [0.15, 0.2) is 0 Å². The van der Waals surface area contributed by atoms with Gasteiger partial charge in [0.25, 0.3) is 0 Å². The summed E-state index contributed by atoms with van der Waals surface area (Å²) >= 11 is 0. The van der Waals surface area contributed by atoms with Gasteiger partial charge in [-0.3, -0.25) is 9.25 Å². The first-order valence-electron chi connectivity index (χ1n) is 5.78. The molecule has 0 bridgehead atoms. The zero-order valence-corrected chi connectivity index (χ0v) is 10.5. The summed E-state index contributed by atoms with van der Waals surface area (Å²) in [5, 5.41) is 13.3. The lowest BCUT2D eigenvalue weighted by atomic mass is 10.2. The van der Waals surface area contributed by atoms with Crippen molar-refractivity contribution in [2.24, 2.45) is 7.05 Å². The highest BCUT2D eigenvalue weighted by molar-refractivity contribution is 6.01. The fraction of sp³-hybridized carbons (Fsp3) is 0.154. The summed E-state index contributed by atoms with van der Waals surface area (Å²) < 4.78 is 3.59. The lowest BCUT2D eigenvalue weighted by Crippen LogP contribution is -1.98. The molecule has 96 valence electrons. The van der Waals surface area contributed by atoms with Crippen molar-refractivity contribution in [1.29, 1.82) is 0 Å².